The predicted octanol–water partition coefficient (Wildman–Crippen LogP) is 0.602. The molecule has 2 heterocycles. The van der Waals surface area contributed by atoms with E-state index < -0.39 is 10.0 Å². The van der Waals surface area contributed by atoms with Crippen LogP contribution in [-0.4, -0.2) is 33.5 Å². The molecule has 1 amide bonds. The molecule has 1 aromatic carbocycles. The second-order valence-electron chi connectivity index (χ2n) is 5.53. The van der Waals surface area contributed by atoms with Crippen molar-refractivity contribution < 1.29 is 13.2 Å². The average Bonchev–Trinajstić information content (AvgIpc) is 2.84. The first kappa shape index (κ1) is 14.5. The molecule has 114 valence electrons. The number of benzene rings is 1. The lowest BCUT2D eigenvalue weighted by atomic mass is 10.1. The summed E-state index contributed by atoms with van der Waals surface area (Å²) < 4.78 is 27.5. The smallest absolute Gasteiger partial charge is 0.240 e. The van der Waals surface area contributed by atoms with Crippen LogP contribution in [0, 0.1) is 0 Å². The van der Waals surface area contributed by atoms with Gasteiger partial charge in [0, 0.05) is 24.7 Å². The summed E-state index contributed by atoms with van der Waals surface area (Å²) in [6, 6.07) is 4.86. The van der Waals surface area contributed by atoms with Gasteiger partial charge in [0.25, 0.3) is 0 Å². The number of carbonyl (C=O) groups is 1. The van der Waals surface area contributed by atoms with Crippen LogP contribution in [0.4, 0.5) is 5.69 Å². The van der Waals surface area contributed by atoms with Crippen molar-refractivity contribution in [1.29, 1.82) is 0 Å². The molecule has 3 rings (SSSR count). The van der Waals surface area contributed by atoms with E-state index in [2.05, 4.69) is 15.4 Å². The third-order valence-corrected chi connectivity index (χ3v) is 5.41. The van der Waals surface area contributed by atoms with Crippen LogP contribution in [0.5, 0.6) is 0 Å². The molecule has 1 unspecified atom stereocenters. The Hall–Kier alpha value is -1.44. The molecule has 6 nitrogen and oxygen atoms in total. The highest BCUT2D eigenvalue weighted by Gasteiger charge is 2.24. The van der Waals surface area contributed by atoms with E-state index in [4.69, 9.17) is 0 Å². The van der Waals surface area contributed by atoms with Crippen LogP contribution < -0.4 is 15.4 Å². The zero-order valence-electron chi connectivity index (χ0n) is 11.7. The van der Waals surface area contributed by atoms with E-state index >= 15 is 0 Å². The minimum Gasteiger partial charge on any atom is -0.326 e. The van der Waals surface area contributed by atoms with Gasteiger partial charge in [-0.15, -0.1) is 0 Å². The van der Waals surface area contributed by atoms with E-state index in [-0.39, 0.29) is 16.8 Å². The third kappa shape index (κ3) is 3.25. The molecule has 0 bridgehead atoms. The van der Waals surface area contributed by atoms with Gasteiger partial charge in [0.15, 0.2) is 0 Å². The van der Waals surface area contributed by atoms with Gasteiger partial charge in [-0.05, 0) is 49.6 Å². The monoisotopic (exact) mass is 309 g/mol. The molecule has 2 aliphatic rings. The van der Waals surface area contributed by atoms with Crippen LogP contribution in [0.1, 0.15) is 24.8 Å². The molecule has 1 atom stereocenters. The van der Waals surface area contributed by atoms with E-state index in [0.29, 0.717) is 19.4 Å². The molecule has 0 spiro atoms. The second-order valence-corrected chi connectivity index (χ2v) is 7.25. The van der Waals surface area contributed by atoms with E-state index in [1.165, 1.54) is 0 Å². The minimum absolute atomic E-state index is 0.0143. The summed E-state index contributed by atoms with van der Waals surface area (Å²) in [6.07, 6.45) is 2.73. The highest BCUT2D eigenvalue weighted by Crippen LogP contribution is 2.25. The molecule has 0 aromatic heterocycles. The normalized spacial score (nSPS) is 22.5. The molecule has 0 radical (unpaired) electrons. The highest BCUT2D eigenvalue weighted by atomic mass is 32.2. The van der Waals surface area contributed by atoms with E-state index in [1.807, 2.05) is 0 Å². The minimum atomic E-state index is -3.51. The maximum absolute atomic E-state index is 12.4. The third-order valence-electron chi connectivity index (χ3n) is 3.89. The van der Waals surface area contributed by atoms with Gasteiger partial charge in [-0.2, -0.15) is 0 Å². The van der Waals surface area contributed by atoms with Crippen LogP contribution in [-0.2, 0) is 21.2 Å². The molecule has 1 aromatic rings. The number of nitrogens with one attached hydrogen (secondary N) is 3. The van der Waals surface area contributed by atoms with Crippen molar-refractivity contribution in [3.63, 3.8) is 0 Å². The van der Waals surface area contributed by atoms with Crippen molar-refractivity contribution in [3.8, 4) is 0 Å². The van der Waals surface area contributed by atoms with E-state index in [0.717, 1.165) is 30.6 Å². The standard InChI is InChI=1S/C14H19N3O3S/c18-14-3-1-2-10-8-12(4-5-13(10)16-14)21(19,20)17-11-6-7-15-9-11/h4-5,8,11,15,17H,1-3,6-7,9H2,(H,16,18). The largest absolute Gasteiger partial charge is 0.326 e. The summed E-state index contributed by atoms with van der Waals surface area (Å²) >= 11 is 0. The molecule has 1 saturated heterocycles. The van der Waals surface area contributed by atoms with Crippen molar-refractivity contribution in [2.24, 2.45) is 0 Å². The van der Waals surface area contributed by atoms with Gasteiger partial charge in [0.2, 0.25) is 15.9 Å². The fraction of sp³-hybridized carbons (Fsp3) is 0.500. The quantitative estimate of drug-likeness (QED) is 0.763. The van der Waals surface area contributed by atoms with Gasteiger partial charge in [0.05, 0.1) is 4.90 Å². The first-order valence-corrected chi connectivity index (χ1v) is 8.69. The average molecular weight is 309 g/mol. The number of aryl methyl sites for hydroxylation is 1. The maximum atomic E-state index is 12.4. The molecule has 7 heteroatoms. The van der Waals surface area contributed by atoms with Crippen molar-refractivity contribution in [3.05, 3.63) is 23.8 Å². The SMILES string of the molecule is O=C1CCCc2cc(S(=O)(=O)NC3CCNC3)ccc2N1. The van der Waals surface area contributed by atoms with Crippen molar-refractivity contribution >= 4 is 21.6 Å². The lowest BCUT2D eigenvalue weighted by Gasteiger charge is -2.14. The van der Waals surface area contributed by atoms with Crippen molar-refractivity contribution in [2.75, 3.05) is 18.4 Å². The van der Waals surface area contributed by atoms with Gasteiger partial charge in [0.1, 0.15) is 0 Å². The Kier molecular flexibility index (Phi) is 3.97. The lowest BCUT2D eigenvalue weighted by molar-refractivity contribution is -0.116. The molecule has 3 N–H and O–H groups in total. The number of fused-ring (bicyclic) bond motifs is 1. The summed E-state index contributed by atoms with van der Waals surface area (Å²) in [5, 5.41) is 5.94. The molecule has 1 fully saturated rings. The van der Waals surface area contributed by atoms with Crippen molar-refractivity contribution in [1.82, 2.24) is 10.0 Å². The Morgan fingerprint density at radius 2 is 2.10 bits per heavy atom. The van der Waals surface area contributed by atoms with E-state index in [1.54, 1.807) is 18.2 Å². The van der Waals surface area contributed by atoms with E-state index in [9.17, 15) is 13.2 Å². The highest BCUT2D eigenvalue weighted by molar-refractivity contribution is 7.89. The van der Waals surface area contributed by atoms with Gasteiger partial charge in [-0.1, -0.05) is 0 Å². The Morgan fingerprint density at radius 3 is 2.86 bits per heavy atom. The maximum Gasteiger partial charge on any atom is 0.240 e. The Balaban J connectivity index is 1.85. The predicted molar refractivity (Wildman–Crippen MR) is 79.6 cm³/mol. The number of anilines is 1. The van der Waals surface area contributed by atoms with Gasteiger partial charge in [-0.3, -0.25) is 4.79 Å². The Labute approximate surface area is 124 Å². The van der Waals surface area contributed by atoms with Gasteiger partial charge < -0.3 is 10.6 Å². The number of hydrogen-bond donors (Lipinski definition) is 3. The number of sulfonamides is 1. The Morgan fingerprint density at radius 1 is 1.24 bits per heavy atom. The van der Waals surface area contributed by atoms with Crippen LogP contribution in [0.3, 0.4) is 0 Å². The molecule has 0 saturated carbocycles. The van der Waals surface area contributed by atoms with Crippen LogP contribution in [0.25, 0.3) is 0 Å². The number of carbonyl (C=O) groups excluding carboxylic acids is 1. The summed E-state index contributed by atoms with van der Waals surface area (Å²) in [5.41, 5.74) is 1.60. The first-order valence-electron chi connectivity index (χ1n) is 7.20. The molecule has 21 heavy (non-hydrogen) atoms. The molecular weight excluding hydrogens is 290 g/mol. The van der Waals surface area contributed by atoms with Crippen LogP contribution in [0.2, 0.25) is 0 Å². The molecule has 2 aliphatic heterocycles. The summed E-state index contributed by atoms with van der Waals surface area (Å²) in [5.74, 6) is -0.0143. The summed E-state index contributed by atoms with van der Waals surface area (Å²) in [4.78, 5) is 11.8. The summed E-state index contributed by atoms with van der Waals surface area (Å²) in [7, 11) is -3.51. The zero-order chi connectivity index (χ0) is 14.9. The number of hydrogen-bond acceptors (Lipinski definition) is 4. The first-order chi connectivity index (χ1) is 10.0. The van der Waals surface area contributed by atoms with Gasteiger partial charge in [-0.25, -0.2) is 13.1 Å². The van der Waals surface area contributed by atoms with Gasteiger partial charge >= 0.3 is 0 Å². The Bertz CT molecular complexity index is 651. The summed E-state index contributed by atoms with van der Waals surface area (Å²) in [6.45, 7) is 1.50. The fourth-order valence-corrected chi connectivity index (χ4v) is 4.08. The molecule has 0 aliphatic carbocycles. The second kappa shape index (κ2) is 5.75. The number of rotatable bonds is 3. The molecular formula is C14H19N3O3S. The fourth-order valence-electron chi connectivity index (χ4n) is 2.76. The van der Waals surface area contributed by atoms with Crippen LogP contribution in [0.15, 0.2) is 23.1 Å². The van der Waals surface area contributed by atoms with Crippen molar-refractivity contribution in [2.45, 2.75) is 36.6 Å². The lowest BCUT2D eigenvalue weighted by Crippen LogP contribution is -2.36. The zero-order valence-corrected chi connectivity index (χ0v) is 12.5. The number of amides is 1. The van der Waals surface area contributed by atoms with Crippen LogP contribution >= 0.6 is 0 Å². The topological polar surface area (TPSA) is 87.3 Å².